The SMILES string of the molecule is CCc1cnc(Cn2c(C(C)Cl)nc3cccc(Cl)c32)o1. The fourth-order valence-corrected chi connectivity index (χ4v) is 2.78. The molecule has 0 aliphatic rings. The summed E-state index contributed by atoms with van der Waals surface area (Å²) < 4.78 is 7.66. The molecule has 0 fully saturated rings. The highest BCUT2D eigenvalue weighted by molar-refractivity contribution is 6.35. The first-order valence-electron chi connectivity index (χ1n) is 6.82. The van der Waals surface area contributed by atoms with Gasteiger partial charge in [-0.25, -0.2) is 9.97 Å². The molecule has 0 aliphatic heterocycles. The van der Waals surface area contributed by atoms with E-state index in [0.29, 0.717) is 17.5 Å². The van der Waals surface area contributed by atoms with Crippen LogP contribution in [0, 0.1) is 0 Å². The molecule has 21 heavy (non-hydrogen) atoms. The summed E-state index contributed by atoms with van der Waals surface area (Å²) >= 11 is 12.6. The van der Waals surface area contributed by atoms with Crippen LogP contribution in [0.5, 0.6) is 0 Å². The van der Waals surface area contributed by atoms with Gasteiger partial charge in [-0.15, -0.1) is 11.6 Å². The van der Waals surface area contributed by atoms with Gasteiger partial charge in [-0.2, -0.15) is 0 Å². The first-order chi connectivity index (χ1) is 10.1. The molecule has 0 N–H and O–H groups in total. The van der Waals surface area contributed by atoms with E-state index >= 15 is 0 Å². The number of aromatic nitrogens is 3. The predicted molar refractivity (Wildman–Crippen MR) is 84.0 cm³/mol. The molecular formula is C15H15Cl2N3O. The Morgan fingerprint density at radius 1 is 1.38 bits per heavy atom. The highest BCUT2D eigenvalue weighted by Gasteiger charge is 2.18. The second kappa shape index (κ2) is 5.70. The van der Waals surface area contributed by atoms with Crippen LogP contribution >= 0.6 is 23.2 Å². The Kier molecular flexibility index (Phi) is 3.91. The Hall–Kier alpha value is -1.52. The maximum Gasteiger partial charge on any atom is 0.214 e. The van der Waals surface area contributed by atoms with Gasteiger partial charge in [0.15, 0.2) is 0 Å². The number of hydrogen-bond donors (Lipinski definition) is 0. The summed E-state index contributed by atoms with van der Waals surface area (Å²) in [5.41, 5.74) is 1.69. The van der Waals surface area contributed by atoms with Gasteiger partial charge >= 0.3 is 0 Å². The topological polar surface area (TPSA) is 43.9 Å². The molecule has 0 saturated heterocycles. The van der Waals surface area contributed by atoms with E-state index in [9.17, 15) is 0 Å². The third kappa shape index (κ3) is 2.65. The van der Waals surface area contributed by atoms with E-state index in [1.807, 2.05) is 36.6 Å². The van der Waals surface area contributed by atoms with E-state index in [-0.39, 0.29) is 5.38 Å². The van der Waals surface area contributed by atoms with Crippen molar-refractivity contribution in [3.8, 4) is 0 Å². The Bertz CT molecular complexity index is 776. The number of para-hydroxylation sites is 1. The Balaban J connectivity index is 2.12. The normalized spacial score (nSPS) is 13.0. The first-order valence-corrected chi connectivity index (χ1v) is 7.64. The molecule has 0 radical (unpaired) electrons. The zero-order chi connectivity index (χ0) is 15.0. The van der Waals surface area contributed by atoms with Gasteiger partial charge in [0.25, 0.3) is 0 Å². The third-order valence-electron chi connectivity index (χ3n) is 3.35. The molecule has 3 aromatic rings. The van der Waals surface area contributed by atoms with Crippen molar-refractivity contribution in [2.45, 2.75) is 32.2 Å². The number of nitrogens with zero attached hydrogens (tertiary/aromatic N) is 3. The lowest BCUT2D eigenvalue weighted by atomic mass is 10.3. The molecular weight excluding hydrogens is 309 g/mol. The standard InChI is InChI=1S/C15H15Cl2N3O/c1-3-10-7-18-13(21-10)8-20-14-11(17)5-4-6-12(14)19-15(20)9(2)16/h4-7,9H,3,8H2,1-2H3. The van der Waals surface area contributed by atoms with E-state index in [4.69, 9.17) is 27.6 Å². The molecule has 4 nitrogen and oxygen atoms in total. The van der Waals surface area contributed by atoms with Crippen molar-refractivity contribution in [2.75, 3.05) is 0 Å². The van der Waals surface area contributed by atoms with Crippen molar-refractivity contribution >= 4 is 34.2 Å². The summed E-state index contributed by atoms with van der Waals surface area (Å²) in [6, 6.07) is 5.65. The molecule has 0 amide bonds. The monoisotopic (exact) mass is 323 g/mol. The van der Waals surface area contributed by atoms with Crippen LogP contribution in [-0.2, 0) is 13.0 Å². The number of fused-ring (bicyclic) bond motifs is 1. The molecule has 0 aliphatic carbocycles. The van der Waals surface area contributed by atoms with E-state index in [2.05, 4.69) is 9.97 Å². The maximum atomic E-state index is 6.32. The molecule has 2 heterocycles. The molecule has 1 unspecified atom stereocenters. The summed E-state index contributed by atoms with van der Waals surface area (Å²) in [4.78, 5) is 8.87. The highest BCUT2D eigenvalue weighted by atomic mass is 35.5. The lowest BCUT2D eigenvalue weighted by Gasteiger charge is -2.09. The van der Waals surface area contributed by atoms with Gasteiger partial charge in [0.2, 0.25) is 5.89 Å². The van der Waals surface area contributed by atoms with Crippen molar-refractivity contribution in [3.05, 3.63) is 46.9 Å². The van der Waals surface area contributed by atoms with Crippen LogP contribution in [0.15, 0.2) is 28.8 Å². The molecule has 110 valence electrons. The largest absolute Gasteiger partial charge is 0.444 e. The minimum Gasteiger partial charge on any atom is -0.444 e. The molecule has 0 saturated carbocycles. The smallest absolute Gasteiger partial charge is 0.214 e. The van der Waals surface area contributed by atoms with Crippen LogP contribution in [0.2, 0.25) is 5.02 Å². The van der Waals surface area contributed by atoms with Gasteiger partial charge in [-0.05, 0) is 19.1 Å². The molecule has 1 atom stereocenters. The van der Waals surface area contributed by atoms with Crippen molar-refractivity contribution in [1.82, 2.24) is 14.5 Å². The van der Waals surface area contributed by atoms with Gasteiger partial charge in [0.1, 0.15) is 18.1 Å². The quantitative estimate of drug-likeness (QED) is 0.659. The minimum absolute atomic E-state index is 0.228. The van der Waals surface area contributed by atoms with Crippen molar-refractivity contribution in [3.63, 3.8) is 0 Å². The number of alkyl halides is 1. The average molecular weight is 324 g/mol. The zero-order valence-corrected chi connectivity index (χ0v) is 13.3. The third-order valence-corrected chi connectivity index (χ3v) is 3.85. The van der Waals surface area contributed by atoms with Crippen molar-refractivity contribution in [1.29, 1.82) is 0 Å². The second-order valence-corrected chi connectivity index (χ2v) is 5.92. The molecule has 1 aromatic carbocycles. The Morgan fingerprint density at radius 2 is 2.19 bits per heavy atom. The number of aryl methyl sites for hydroxylation is 1. The van der Waals surface area contributed by atoms with E-state index in [1.165, 1.54) is 0 Å². The Labute approximate surface area is 132 Å². The second-order valence-electron chi connectivity index (χ2n) is 4.85. The van der Waals surface area contributed by atoms with Crippen LogP contribution in [0.3, 0.4) is 0 Å². The molecule has 3 rings (SSSR count). The highest BCUT2D eigenvalue weighted by Crippen LogP contribution is 2.29. The lowest BCUT2D eigenvalue weighted by Crippen LogP contribution is -2.06. The van der Waals surface area contributed by atoms with Crippen molar-refractivity contribution < 1.29 is 4.42 Å². The van der Waals surface area contributed by atoms with E-state index in [0.717, 1.165) is 29.0 Å². The van der Waals surface area contributed by atoms with Gasteiger partial charge in [0, 0.05) is 6.42 Å². The summed E-state index contributed by atoms with van der Waals surface area (Å²) in [6.07, 6.45) is 2.57. The van der Waals surface area contributed by atoms with Gasteiger partial charge in [-0.3, -0.25) is 0 Å². The van der Waals surface area contributed by atoms with Gasteiger partial charge in [0.05, 0.1) is 27.6 Å². The molecule has 0 bridgehead atoms. The molecule has 2 aromatic heterocycles. The fourth-order valence-electron chi connectivity index (χ4n) is 2.34. The first kappa shape index (κ1) is 14.4. The van der Waals surface area contributed by atoms with Crippen LogP contribution in [0.25, 0.3) is 11.0 Å². The summed E-state index contributed by atoms with van der Waals surface area (Å²) in [6.45, 7) is 4.38. The van der Waals surface area contributed by atoms with Gasteiger partial charge in [-0.1, -0.05) is 24.6 Å². The average Bonchev–Trinajstić information content (AvgIpc) is 3.05. The van der Waals surface area contributed by atoms with E-state index < -0.39 is 0 Å². The van der Waals surface area contributed by atoms with Crippen LogP contribution in [-0.4, -0.2) is 14.5 Å². The maximum absolute atomic E-state index is 6.32. The van der Waals surface area contributed by atoms with Gasteiger partial charge < -0.3 is 8.98 Å². The van der Waals surface area contributed by atoms with Crippen LogP contribution < -0.4 is 0 Å². The number of hydrogen-bond acceptors (Lipinski definition) is 3. The number of oxazole rings is 1. The Morgan fingerprint density at radius 3 is 2.86 bits per heavy atom. The van der Waals surface area contributed by atoms with Crippen LogP contribution in [0.4, 0.5) is 0 Å². The van der Waals surface area contributed by atoms with Crippen LogP contribution in [0.1, 0.15) is 36.7 Å². The lowest BCUT2D eigenvalue weighted by molar-refractivity contribution is 0.445. The van der Waals surface area contributed by atoms with E-state index in [1.54, 1.807) is 6.20 Å². The van der Waals surface area contributed by atoms with Crippen molar-refractivity contribution in [2.24, 2.45) is 0 Å². The number of imidazole rings is 1. The predicted octanol–water partition coefficient (Wildman–Crippen LogP) is 4.59. The summed E-state index contributed by atoms with van der Waals surface area (Å²) in [5.74, 6) is 2.25. The number of halogens is 2. The molecule has 6 heteroatoms. The number of benzene rings is 1. The zero-order valence-electron chi connectivity index (χ0n) is 11.8. The minimum atomic E-state index is -0.228. The fraction of sp³-hybridized carbons (Fsp3) is 0.333. The molecule has 0 spiro atoms. The number of rotatable bonds is 4. The summed E-state index contributed by atoms with van der Waals surface area (Å²) in [5, 5.41) is 0.417. The summed E-state index contributed by atoms with van der Waals surface area (Å²) in [7, 11) is 0.